The Labute approximate surface area is 231 Å². The molecule has 0 spiro atoms. The predicted octanol–water partition coefficient (Wildman–Crippen LogP) is 10.4. The zero-order valence-corrected chi connectivity index (χ0v) is 22.5. The van der Waals surface area contributed by atoms with Gasteiger partial charge in [-0.05, 0) is 65.1 Å². The Bertz CT molecular complexity index is 1660. The highest BCUT2D eigenvalue weighted by molar-refractivity contribution is 6.12. The third kappa shape index (κ3) is 5.26. The number of benzene rings is 5. The van der Waals surface area contributed by atoms with Gasteiger partial charge in [0.05, 0.1) is 5.56 Å². The molecule has 6 rings (SSSR count). The van der Waals surface area contributed by atoms with Gasteiger partial charge in [-0.3, -0.25) is 0 Å². The van der Waals surface area contributed by atoms with Crippen molar-refractivity contribution >= 4 is 45.1 Å². The highest BCUT2D eigenvalue weighted by Gasteiger charge is 2.15. The largest absolute Gasteiger partial charge is 0.314 e. The van der Waals surface area contributed by atoms with Gasteiger partial charge in [0.2, 0.25) is 0 Å². The lowest BCUT2D eigenvalue weighted by Crippen LogP contribution is -2.17. The molecule has 2 heteroatoms. The van der Waals surface area contributed by atoms with E-state index in [-0.39, 0.29) is 0 Å². The minimum Gasteiger partial charge on any atom is -0.314 e. The fraction of sp³-hybridized carbons (Fsp3) is 0.108. The van der Waals surface area contributed by atoms with E-state index in [1.54, 1.807) is 0 Å². The van der Waals surface area contributed by atoms with Crippen molar-refractivity contribution in [3.8, 4) is 6.07 Å². The van der Waals surface area contributed by atoms with E-state index in [0.717, 1.165) is 56.8 Å². The van der Waals surface area contributed by atoms with Crippen LogP contribution in [0.15, 0.2) is 127 Å². The van der Waals surface area contributed by atoms with Crippen molar-refractivity contribution < 1.29 is 0 Å². The molecule has 0 amide bonds. The Morgan fingerprint density at radius 2 is 1.23 bits per heavy atom. The number of para-hydroxylation sites is 1. The van der Waals surface area contributed by atoms with E-state index in [0.29, 0.717) is 0 Å². The zero-order valence-electron chi connectivity index (χ0n) is 22.5. The Morgan fingerprint density at radius 3 is 1.79 bits per heavy atom. The molecule has 0 saturated carbocycles. The maximum Gasteiger partial charge on any atom is 0.100 e. The van der Waals surface area contributed by atoms with Gasteiger partial charge in [0.1, 0.15) is 6.07 Å². The predicted molar refractivity (Wildman–Crippen MR) is 168 cm³/mol. The summed E-state index contributed by atoms with van der Waals surface area (Å²) in [6.45, 7) is 4.00. The molecule has 0 saturated heterocycles. The van der Waals surface area contributed by atoms with E-state index in [9.17, 15) is 5.26 Å². The van der Waals surface area contributed by atoms with Crippen LogP contribution in [0.2, 0.25) is 0 Å². The quantitative estimate of drug-likeness (QED) is 0.176. The van der Waals surface area contributed by atoms with Gasteiger partial charge in [0, 0.05) is 27.8 Å². The van der Waals surface area contributed by atoms with Crippen LogP contribution in [0.1, 0.15) is 43.4 Å². The van der Waals surface area contributed by atoms with E-state index in [1.165, 1.54) is 11.4 Å². The lowest BCUT2D eigenvalue weighted by Gasteiger charge is -2.29. The third-order valence-electron chi connectivity index (χ3n) is 6.97. The minimum atomic E-state index is 0.737. The summed E-state index contributed by atoms with van der Waals surface area (Å²) in [6, 6.07) is 38.1. The second-order valence-corrected chi connectivity index (χ2v) is 9.21. The first kappa shape index (κ1) is 25.8. The van der Waals surface area contributed by atoms with Gasteiger partial charge in [-0.1, -0.05) is 117 Å². The SMILES string of the molecule is CC.N#Cc1c2ccccc2c(C=Cc2ccc(N(C3=CC=CCC3)c3ccccc3)cc2)c2ccccc12. The van der Waals surface area contributed by atoms with Gasteiger partial charge < -0.3 is 4.90 Å². The highest BCUT2D eigenvalue weighted by Crippen LogP contribution is 2.35. The third-order valence-corrected chi connectivity index (χ3v) is 6.97. The second kappa shape index (κ2) is 12.1. The molecule has 0 radical (unpaired) electrons. The molecule has 0 N–H and O–H groups in total. The summed E-state index contributed by atoms with van der Waals surface area (Å²) in [6.07, 6.45) is 13.0. The van der Waals surface area contributed by atoms with Crippen LogP contribution in [-0.4, -0.2) is 0 Å². The van der Waals surface area contributed by atoms with Gasteiger partial charge in [-0.25, -0.2) is 0 Å². The van der Waals surface area contributed by atoms with Crippen LogP contribution in [0.3, 0.4) is 0 Å². The fourth-order valence-electron chi connectivity index (χ4n) is 5.21. The molecule has 0 fully saturated rings. The molecule has 39 heavy (non-hydrogen) atoms. The molecule has 190 valence electrons. The Balaban J connectivity index is 0.00000151. The first-order valence-corrected chi connectivity index (χ1v) is 13.7. The van der Waals surface area contributed by atoms with Gasteiger partial charge in [0.15, 0.2) is 0 Å². The molecular weight excluding hydrogens is 472 g/mol. The van der Waals surface area contributed by atoms with Crippen LogP contribution in [-0.2, 0) is 0 Å². The van der Waals surface area contributed by atoms with Gasteiger partial charge in [-0.2, -0.15) is 5.26 Å². The Kier molecular flexibility index (Phi) is 8.00. The van der Waals surface area contributed by atoms with Crippen LogP contribution in [0.4, 0.5) is 11.4 Å². The molecule has 5 aromatic carbocycles. The van der Waals surface area contributed by atoms with E-state index in [1.807, 2.05) is 50.2 Å². The van der Waals surface area contributed by atoms with Crippen LogP contribution < -0.4 is 4.90 Å². The maximum absolute atomic E-state index is 9.90. The average molecular weight is 505 g/mol. The topological polar surface area (TPSA) is 27.0 Å². The number of fused-ring (bicyclic) bond motifs is 2. The monoisotopic (exact) mass is 504 g/mol. The van der Waals surface area contributed by atoms with E-state index < -0.39 is 0 Å². The van der Waals surface area contributed by atoms with Gasteiger partial charge >= 0.3 is 0 Å². The number of nitriles is 1. The molecule has 0 aliphatic heterocycles. The molecule has 0 unspecified atom stereocenters. The lowest BCUT2D eigenvalue weighted by molar-refractivity contribution is 0.917. The Morgan fingerprint density at radius 1 is 0.667 bits per heavy atom. The summed E-state index contributed by atoms with van der Waals surface area (Å²) in [7, 11) is 0. The lowest BCUT2D eigenvalue weighted by atomic mass is 9.92. The van der Waals surface area contributed by atoms with Crippen molar-refractivity contribution in [2.75, 3.05) is 4.90 Å². The fourth-order valence-corrected chi connectivity index (χ4v) is 5.21. The number of anilines is 2. The van der Waals surface area contributed by atoms with Crippen molar-refractivity contribution in [1.29, 1.82) is 5.26 Å². The second-order valence-electron chi connectivity index (χ2n) is 9.21. The van der Waals surface area contributed by atoms with Crippen molar-refractivity contribution in [3.63, 3.8) is 0 Å². The summed E-state index contributed by atoms with van der Waals surface area (Å²) < 4.78 is 0. The van der Waals surface area contributed by atoms with Crippen molar-refractivity contribution in [1.82, 2.24) is 0 Å². The Hall–Kier alpha value is -4.87. The summed E-state index contributed by atoms with van der Waals surface area (Å²) in [5.74, 6) is 0. The van der Waals surface area contributed by atoms with Gasteiger partial charge in [0.25, 0.3) is 0 Å². The number of rotatable bonds is 5. The maximum atomic E-state index is 9.90. The first-order valence-electron chi connectivity index (χ1n) is 13.7. The highest BCUT2D eigenvalue weighted by atomic mass is 15.1. The number of nitrogens with zero attached hydrogens (tertiary/aromatic N) is 2. The van der Waals surface area contributed by atoms with Crippen LogP contribution in [0, 0.1) is 11.3 Å². The molecule has 0 heterocycles. The van der Waals surface area contributed by atoms with E-state index in [4.69, 9.17) is 0 Å². The molecule has 2 nitrogen and oxygen atoms in total. The number of hydrogen-bond acceptors (Lipinski definition) is 2. The van der Waals surface area contributed by atoms with Crippen LogP contribution >= 0.6 is 0 Å². The smallest absolute Gasteiger partial charge is 0.100 e. The summed E-state index contributed by atoms with van der Waals surface area (Å²) in [4.78, 5) is 2.35. The van der Waals surface area contributed by atoms with E-state index in [2.05, 4.69) is 108 Å². The minimum absolute atomic E-state index is 0.737. The summed E-state index contributed by atoms with van der Waals surface area (Å²) in [5.41, 5.74) is 6.63. The standard InChI is InChI=1S/C35H26N2.C2H6/c36-25-35-32-17-9-7-15-30(32)34(31-16-8-10-18-33(31)35)24-21-26-19-22-29(23-20-26)37(27-11-3-1-4-12-27)28-13-5-2-6-14-28;1-2/h1-5,7-13,15-24H,6,14H2;1-2H3. The summed E-state index contributed by atoms with van der Waals surface area (Å²) >= 11 is 0. The van der Waals surface area contributed by atoms with Crippen molar-refractivity contribution in [3.05, 3.63) is 144 Å². The average Bonchev–Trinajstić information content (AvgIpc) is 3.02. The molecule has 0 aromatic heterocycles. The number of allylic oxidation sites excluding steroid dienone is 4. The van der Waals surface area contributed by atoms with E-state index >= 15 is 0 Å². The first-order chi connectivity index (χ1) is 19.3. The van der Waals surface area contributed by atoms with Crippen LogP contribution in [0.25, 0.3) is 33.7 Å². The number of hydrogen-bond donors (Lipinski definition) is 0. The summed E-state index contributed by atoms with van der Waals surface area (Å²) in [5, 5.41) is 14.1. The zero-order chi connectivity index (χ0) is 27.0. The molecule has 5 aromatic rings. The van der Waals surface area contributed by atoms with Crippen molar-refractivity contribution in [2.24, 2.45) is 0 Å². The molecular formula is C37H32N2. The van der Waals surface area contributed by atoms with Crippen LogP contribution in [0.5, 0.6) is 0 Å². The molecule has 0 atom stereocenters. The van der Waals surface area contributed by atoms with Crippen molar-refractivity contribution in [2.45, 2.75) is 26.7 Å². The normalized spacial score (nSPS) is 12.6. The molecule has 0 bridgehead atoms. The molecule has 1 aliphatic carbocycles. The van der Waals surface area contributed by atoms with Gasteiger partial charge in [-0.15, -0.1) is 0 Å². The molecule has 1 aliphatic rings.